The maximum atomic E-state index is 9.19. The molecule has 0 aliphatic carbocycles. The van der Waals surface area contributed by atoms with E-state index in [2.05, 4.69) is 19.1 Å². The lowest BCUT2D eigenvalue weighted by molar-refractivity contribution is 0.0212. The van der Waals surface area contributed by atoms with Crippen molar-refractivity contribution in [3.63, 3.8) is 0 Å². The lowest BCUT2D eigenvalue weighted by Crippen LogP contribution is -2.22. The monoisotopic (exact) mass is 224 g/mol. The summed E-state index contributed by atoms with van der Waals surface area (Å²) in [6.45, 7) is 2.18. The fourth-order valence-corrected chi connectivity index (χ4v) is 3.21. The molecule has 1 unspecified atom stereocenters. The van der Waals surface area contributed by atoms with E-state index in [0.717, 1.165) is 6.42 Å². The molecule has 0 bridgehead atoms. The topological polar surface area (TPSA) is 29.5 Å². The van der Waals surface area contributed by atoms with Gasteiger partial charge in [0.05, 0.1) is 18.8 Å². The van der Waals surface area contributed by atoms with Gasteiger partial charge >= 0.3 is 0 Å². The zero-order chi connectivity index (χ0) is 10.7. The molecule has 1 heterocycles. The normalized spacial score (nSPS) is 30.7. The van der Waals surface area contributed by atoms with Gasteiger partial charge in [0, 0.05) is 10.1 Å². The van der Waals surface area contributed by atoms with Crippen molar-refractivity contribution in [3.05, 3.63) is 30.3 Å². The van der Waals surface area contributed by atoms with Crippen LogP contribution in [-0.4, -0.2) is 29.2 Å². The van der Waals surface area contributed by atoms with Gasteiger partial charge in [0.25, 0.3) is 0 Å². The molecule has 3 heteroatoms. The number of benzene rings is 1. The van der Waals surface area contributed by atoms with E-state index in [1.807, 2.05) is 18.2 Å². The molecule has 0 amide bonds. The zero-order valence-corrected chi connectivity index (χ0v) is 9.61. The maximum absolute atomic E-state index is 9.19. The zero-order valence-electron chi connectivity index (χ0n) is 8.80. The summed E-state index contributed by atoms with van der Waals surface area (Å²) >= 11 is 1.80. The molecule has 1 saturated heterocycles. The highest BCUT2D eigenvalue weighted by atomic mass is 32.2. The lowest BCUT2D eigenvalue weighted by Gasteiger charge is -2.15. The Balaban J connectivity index is 2.00. The second-order valence-corrected chi connectivity index (χ2v) is 5.19. The van der Waals surface area contributed by atoms with E-state index >= 15 is 0 Å². The second kappa shape index (κ2) is 5.01. The minimum absolute atomic E-state index is 0.00907. The molecule has 0 aromatic heterocycles. The van der Waals surface area contributed by atoms with Crippen molar-refractivity contribution in [3.8, 4) is 0 Å². The first-order valence-corrected chi connectivity index (χ1v) is 6.15. The Hall–Kier alpha value is -0.510. The first-order valence-electron chi connectivity index (χ1n) is 5.27. The fraction of sp³-hybridized carbons (Fsp3) is 0.500. The molecule has 3 atom stereocenters. The molecule has 1 aromatic carbocycles. The SMILES string of the molecule is CC1C[C@@H](Sc2ccccc2)[C@@H](CO)O1. The van der Waals surface area contributed by atoms with E-state index in [0.29, 0.717) is 5.25 Å². The van der Waals surface area contributed by atoms with E-state index < -0.39 is 0 Å². The van der Waals surface area contributed by atoms with Crippen LogP contribution in [0.2, 0.25) is 0 Å². The summed E-state index contributed by atoms with van der Waals surface area (Å²) < 4.78 is 5.62. The molecule has 0 spiro atoms. The molecule has 15 heavy (non-hydrogen) atoms. The van der Waals surface area contributed by atoms with Crippen LogP contribution in [0.5, 0.6) is 0 Å². The Morgan fingerprint density at radius 2 is 2.13 bits per heavy atom. The third kappa shape index (κ3) is 2.74. The average molecular weight is 224 g/mol. The van der Waals surface area contributed by atoms with Crippen LogP contribution < -0.4 is 0 Å². The minimum atomic E-state index is -0.00907. The fourth-order valence-electron chi connectivity index (χ4n) is 1.88. The summed E-state index contributed by atoms with van der Waals surface area (Å²) in [7, 11) is 0. The average Bonchev–Trinajstić information content (AvgIpc) is 2.60. The van der Waals surface area contributed by atoms with Gasteiger partial charge in [-0.2, -0.15) is 0 Å². The Labute approximate surface area is 94.6 Å². The van der Waals surface area contributed by atoms with Crippen molar-refractivity contribution < 1.29 is 9.84 Å². The predicted octanol–water partition coefficient (Wildman–Crippen LogP) is 2.32. The van der Waals surface area contributed by atoms with Crippen LogP contribution in [0, 0.1) is 0 Å². The molecular formula is C12H16O2S. The molecule has 1 aliphatic rings. The second-order valence-electron chi connectivity index (χ2n) is 3.87. The quantitative estimate of drug-likeness (QED) is 0.854. The van der Waals surface area contributed by atoms with Crippen LogP contribution in [0.15, 0.2) is 35.2 Å². The van der Waals surface area contributed by atoms with Crippen molar-refractivity contribution in [2.45, 2.75) is 35.7 Å². The van der Waals surface area contributed by atoms with Gasteiger partial charge in [-0.05, 0) is 25.5 Å². The molecule has 0 saturated carbocycles. The Morgan fingerprint density at radius 1 is 1.40 bits per heavy atom. The molecule has 2 nitrogen and oxygen atoms in total. The molecular weight excluding hydrogens is 208 g/mol. The highest BCUT2D eigenvalue weighted by molar-refractivity contribution is 8.00. The number of hydrogen-bond acceptors (Lipinski definition) is 3. The van der Waals surface area contributed by atoms with Gasteiger partial charge in [-0.15, -0.1) is 11.8 Å². The van der Waals surface area contributed by atoms with Crippen LogP contribution in [0.1, 0.15) is 13.3 Å². The van der Waals surface area contributed by atoms with E-state index in [1.165, 1.54) is 4.90 Å². The van der Waals surface area contributed by atoms with Crippen LogP contribution in [-0.2, 0) is 4.74 Å². The van der Waals surface area contributed by atoms with E-state index in [-0.39, 0.29) is 18.8 Å². The summed E-state index contributed by atoms with van der Waals surface area (Å²) in [5, 5.41) is 9.58. The van der Waals surface area contributed by atoms with Gasteiger partial charge in [-0.3, -0.25) is 0 Å². The molecule has 1 aliphatic heterocycles. The van der Waals surface area contributed by atoms with E-state index in [4.69, 9.17) is 4.74 Å². The molecule has 1 aromatic rings. The highest BCUT2D eigenvalue weighted by Crippen LogP contribution is 2.34. The van der Waals surface area contributed by atoms with E-state index in [1.54, 1.807) is 11.8 Å². The lowest BCUT2D eigenvalue weighted by atomic mass is 10.2. The van der Waals surface area contributed by atoms with E-state index in [9.17, 15) is 5.11 Å². The third-order valence-electron chi connectivity index (χ3n) is 2.60. The predicted molar refractivity (Wildman–Crippen MR) is 62.1 cm³/mol. The van der Waals surface area contributed by atoms with Crippen molar-refractivity contribution in [2.75, 3.05) is 6.61 Å². The van der Waals surface area contributed by atoms with Gasteiger partial charge < -0.3 is 9.84 Å². The number of rotatable bonds is 3. The number of ether oxygens (including phenoxy) is 1. The minimum Gasteiger partial charge on any atom is -0.394 e. The molecule has 0 radical (unpaired) electrons. The third-order valence-corrected chi connectivity index (χ3v) is 3.94. The van der Waals surface area contributed by atoms with Crippen molar-refractivity contribution in [2.24, 2.45) is 0 Å². The smallest absolute Gasteiger partial charge is 0.0932 e. The first kappa shape index (κ1) is 11.0. The number of aliphatic hydroxyl groups excluding tert-OH is 1. The first-order chi connectivity index (χ1) is 7.29. The molecule has 1 fully saturated rings. The van der Waals surface area contributed by atoms with Gasteiger partial charge in [0.2, 0.25) is 0 Å². The Kier molecular flexibility index (Phi) is 3.67. The van der Waals surface area contributed by atoms with Gasteiger partial charge in [-0.25, -0.2) is 0 Å². The molecule has 82 valence electrons. The summed E-state index contributed by atoms with van der Waals surface area (Å²) in [5.74, 6) is 0. The Bertz CT molecular complexity index is 302. The van der Waals surface area contributed by atoms with Crippen LogP contribution in [0.3, 0.4) is 0 Å². The summed E-state index contributed by atoms with van der Waals surface area (Å²) in [6, 6.07) is 10.3. The Morgan fingerprint density at radius 3 is 2.80 bits per heavy atom. The van der Waals surface area contributed by atoms with Crippen molar-refractivity contribution in [1.29, 1.82) is 0 Å². The van der Waals surface area contributed by atoms with Gasteiger partial charge in [-0.1, -0.05) is 18.2 Å². The summed E-state index contributed by atoms with van der Waals surface area (Å²) in [5.41, 5.74) is 0. The number of aliphatic hydroxyl groups is 1. The van der Waals surface area contributed by atoms with Gasteiger partial charge in [0.15, 0.2) is 0 Å². The van der Waals surface area contributed by atoms with Crippen molar-refractivity contribution in [1.82, 2.24) is 0 Å². The van der Waals surface area contributed by atoms with Crippen LogP contribution in [0.25, 0.3) is 0 Å². The molecule has 2 rings (SSSR count). The standard InChI is InChI=1S/C12H16O2S/c1-9-7-12(11(8-13)14-9)15-10-5-3-2-4-6-10/h2-6,9,11-13H,7-8H2,1H3/t9?,11-,12-/m1/s1. The molecule has 1 N–H and O–H groups in total. The summed E-state index contributed by atoms with van der Waals surface area (Å²) in [6.07, 6.45) is 1.28. The number of hydrogen-bond donors (Lipinski definition) is 1. The van der Waals surface area contributed by atoms with Gasteiger partial charge in [0.1, 0.15) is 0 Å². The summed E-state index contributed by atoms with van der Waals surface area (Å²) in [4.78, 5) is 1.25. The van der Waals surface area contributed by atoms with Crippen LogP contribution >= 0.6 is 11.8 Å². The van der Waals surface area contributed by atoms with Crippen molar-refractivity contribution >= 4 is 11.8 Å². The highest BCUT2D eigenvalue weighted by Gasteiger charge is 2.32. The maximum Gasteiger partial charge on any atom is 0.0932 e. The number of thioether (sulfide) groups is 1. The van der Waals surface area contributed by atoms with Crippen LogP contribution in [0.4, 0.5) is 0 Å². The largest absolute Gasteiger partial charge is 0.394 e.